The van der Waals surface area contributed by atoms with Crippen molar-refractivity contribution in [3.63, 3.8) is 0 Å². The van der Waals surface area contributed by atoms with Crippen molar-refractivity contribution in [2.75, 3.05) is 5.32 Å². The van der Waals surface area contributed by atoms with E-state index in [4.69, 9.17) is 0 Å². The van der Waals surface area contributed by atoms with Crippen LogP contribution >= 0.6 is 0 Å². The van der Waals surface area contributed by atoms with Gasteiger partial charge in [-0.25, -0.2) is 0 Å². The van der Waals surface area contributed by atoms with Gasteiger partial charge in [0.25, 0.3) is 11.7 Å². The summed E-state index contributed by atoms with van der Waals surface area (Å²) in [5.41, 5.74) is 6.76. The lowest BCUT2D eigenvalue weighted by Crippen LogP contribution is -2.25. The van der Waals surface area contributed by atoms with Crippen LogP contribution in [-0.2, 0) is 4.79 Å². The van der Waals surface area contributed by atoms with Gasteiger partial charge in [-0.2, -0.15) is 0 Å². The van der Waals surface area contributed by atoms with Gasteiger partial charge >= 0.3 is 0 Å². The summed E-state index contributed by atoms with van der Waals surface area (Å²) in [6, 6.07) is 21.1. The summed E-state index contributed by atoms with van der Waals surface area (Å²) >= 11 is 0. The molecular weight excluding hydrogens is 360 g/mol. The topological polar surface area (TPSA) is 50.6 Å². The Labute approximate surface area is 169 Å². The fourth-order valence-electron chi connectivity index (χ4n) is 3.57. The third-order valence-electron chi connectivity index (χ3n) is 5.49. The van der Waals surface area contributed by atoms with E-state index in [9.17, 15) is 9.59 Å². The average molecular weight is 382 g/mol. The van der Waals surface area contributed by atoms with E-state index >= 15 is 0 Å². The van der Waals surface area contributed by atoms with E-state index in [1.54, 1.807) is 4.40 Å². The van der Waals surface area contributed by atoms with Crippen LogP contribution in [0.1, 0.15) is 27.2 Å². The zero-order chi connectivity index (χ0) is 20.5. The summed E-state index contributed by atoms with van der Waals surface area (Å²) in [5, 5.41) is 2.81. The van der Waals surface area contributed by atoms with E-state index in [2.05, 4.69) is 5.32 Å². The molecule has 0 radical (unpaired) electrons. The molecule has 29 heavy (non-hydrogen) atoms. The second-order valence-electron chi connectivity index (χ2n) is 7.23. The first-order chi connectivity index (χ1) is 14.0. The molecule has 0 bridgehead atoms. The second kappa shape index (κ2) is 7.40. The van der Waals surface area contributed by atoms with Crippen LogP contribution in [0.2, 0.25) is 0 Å². The summed E-state index contributed by atoms with van der Waals surface area (Å²) in [5.74, 6) is -1.20. The van der Waals surface area contributed by atoms with Crippen LogP contribution in [0.3, 0.4) is 0 Å². The van der Waals surface area contributed by atoms with Gasteiger partial charge < -0.3 is 9.72 Å². The number of Topliss-reactive ketones (excluding diaryl/α,β-unsaturated/α-hetero) is 1. The highest BCUT2D eigenvalue weighted by molar-refractivity contribution is 6.47. The molecule has 4 nitrogen and oxygen atoms in total. The molecule has 0 atom stereocenters. The van der Waals surface area contributed by atoms with Gasteiger partial charge in [-0.3, -0.25) is 9.59 Å². The number of rotatable bonds is 4. The second-order valence-corrected chi connectivity index (χ2v) is 7.23. The Morgan fingerprint density at radius 1 is 0.828 bits per heavy atom. The molecule has 1 amide bonds. The number of hydrogen-bond donors (Lipinski definition) is 1. The summed E-state index contributed by atoms with van der Waals surface area (Å²) in [7, 11) is 0. The van der Waals surface area contributed by atoms with Crippen LogP contribution in [0.25, 0.3) is 16.6 Å². The molecule has 4 rings (SSSR count). The molecule has 2 heterocycles. The zero-order valence-electron chi connectivity index (χ0n) is 16.7. The fourth-order valence-corrected chi connectivity index (χ4v) is 3.57. The predicted octanol–water partition coefficient (Wildman–Crippen LogP) is 5.35. The summed E-state index contributed by atoms with van der Waals surface area (Å²) in [6.07, 6.45) is 1.81. The lowest BCUT2D eigenvalue weighted by molar-refractivity contribution is -0.112. The number of fused-ring (bicyclic) bond motifs is 1. The van der Waals surface area contributed by atoms with Crippen LogP contribution in [-0.4, -0.2) is 16.1 Å². The number of aryl methyl sites for hydroxylation is 1. The minimum atomic E-state index is -0.641. The van der Waals surface area contributed by atoms with Crippen LogP contribution in [0.15, 0.2) is 72.9 Å². The Bertz CT molecular complexity index is 1240. The van der Waals surface area contributed by atoms with Gasteiger partial charge in [0.15, 0.2) is 0 Å². The van der Waals surface area contributed by atoms with Crippen molar-refractivity contribution in [2.45, 2.75) is 20.8 Å². The molecule has 0 fully saturated rings. The van der Waals surface area contributed by atoms with Gasteiger partial charge in [-0.1, -0.05) is 42.5 Å². The van der Waals surface area contributed by atoms with Crippen LogP contribution in [0.5, 0.6) is 0 Å². The highest BCUT2D eigenvalue weighted by Gasteiger charge is 2.25. The molecule has 4 aromatic rings. The first-order valence-corrected chi connectivity index (χ1v) is 9.55. The third kappa shape index (κ3) is 3.34. The monoisotopic (exact) mass is 382 g/mol. The number of anilines is 1. The number of carbonyl (C=O) groups excluding carboxylic acids is 2. The lowest BCUT2D eigenvalue weighted by atomic mass is 10.0. The summed E-state index contributed by atoms with van der Waals surface area (Å²) in [4.78, 5) is 26.2. The molecule has 0 spiro atoms. The molecule has 0 aliphatic carbocycles. The van der Waals surface area contributed by atoms with Crippen molar-refractivity contribution in [1.29, 1.82) is 0 Å². The third-order valence-corrected chi connectivity index (χ3v) is 5.49. The van der Waals surface area contributed by atoms with E-state index in [1.165, 1.54) is 0 Å². The number of amides is 1. The lowest BCUT2D eigenvalue weighted by Gasteiger charge is -2.12. The Morgan fingerprint density at radius 2 is 1.55 bits per heavy atom. The maximum atomic E-state index is 13.2. The maximum absolute atomic E-state index is 13.2. The van der Waals surface area contributed by atoms with E-state index in [0.717, 1.165) is 33.3 Å². The Kier molecular flexibility index (Phi) is 4.77. The molecule has 1 N–H and O–H groups in total. The molecule has 4 heteroatoms. The number of benzene rings is 2. The standard InChI is InChI=1S/C25H22N2O2/c1-16-12-13-22(18(3)17(16)2)26-25(29)24(28)23-21(19-9-5-4-6-10-19)15-20-11-7-8-14-27(20)23/h4-15H,1-3H3,(H,26,29). The molecule has 2 aromatic carbocycles. The Morgan fingerprint density at radius 3 is 2.31 bits per heavy atom. The van der Waals surface area contributed by atoms with E-state index < -0.39 is 11.7 Å². The average Bonchev–Trinajstić information content (AvgIpc) is 3.13. The zero-order valence-corrected chi connectivity index (χ0v) is 16.7. The molecule has 0 aliphatic heterocycles. The first-order valence-electron chi connectivity index (χ1n) is 9.55. The molecule has 0 saturated carbocycles. The number of ketones is 1. The quantitative estimate of drug-likeness (QED) is 0.382. The van der Waals surface area contributed by atoms with Crippen molar-refractivity contribution in [2.24, 2.45) is 0 Å². The van der Waals surface area contributed by atoms with Crippen LogP contribution in [0.4, 0.5) is 5.69 Å². The molecular formula is C25H22N2O2. The number of carbonyl (C=O) groups is 2. The van der Waals surface area contributed by atoms with E-state index in [0.29, 0.717) is 11.4 Å². The molecule has 2 aromatic heterocycles. The van der Waals surface area contributed by atoms with Crippen molar-refractivity contribution in [3.8, 4) is 11.1 Å². The highest BCUT2D eigenvalue weighted by Crippen LogP contribution is 2.29. The predicted molar refractivity (Wildman–Crippen MR) is 116 cm³/mol. The largest absolute Gasteiger partial charge is 0.319 e. The smallest absolute Gasteiger partial charge is 0.298 e. The van der Waals surface area contributed by atoms with E-state index in [1.807, 2.05) is 93.7 Å². The number of aromatic nitrogens is 1. The molecule has 0 aliphatic rings. The van der Waals surface area contributed by atoms with Gasteiger partial charge in [-0.05, 0) is 67.3 Å². The maximum Gasteiger partial charge on any atom is 0.298 e. The fraction of sp³-hybridized carbons (Fsp3) is 0.120. The molecule has 144 valence electrons. The summed E-state index contributed by atoms with van der Waals surface area (Å²) in [6.45, 7) is 5.98. The minimum Gasteiger partial charge on any atom is -0.319 e. The molecule has 0 unspecified atom stereocenters. The van der Waals surface area contributed by atoms with Crippen molar-refractivity contribution in [3.05, 3.63) is 95.3 Å². The van der Waals surface area contributed by atoms with E-state index in [-0.39, 0.29) is 0 Å². The SMILES string of the molecule is Cc1ccc(NC(=O)C(=O)c2c(-c3ccccc3)cc3ccccn23)c(C)c1C. The van der Waals surface area contributed by atoms with Gasteiger partial charge in [0.1, 0.15) is 5.69 Å². The Hall–Kier alpha value is -3.66. The number of pyridine rings is 1. The molecule has 0 saturated heterocycles. The number of nitrogens with one attached hydrogen (secondary N) is 1. The number of hydrogen-bond acceptors (Lipinski definition) is 2. The van der Waals surface area contributed by atoms with Gasteiger partial charge in [0, 0.05) is 23.0 Å². The van der Waals surface area contributed by atoms with Crippen LogP contribution in [0, 0.1) is 20.8 Å². The van der Waals surface area contributed by atoms with Crippen molar-refractivity contribution >= 4 is 22.9 Å². The Balaban J connectivity index is 1.77. The van der Waals surface area contributed by atoms with Gasteiger partial charge in [-0.15, -0.1) is 0 Å². The minimum absolute atomic E-state index is 0.366. The first kappa shape index (κ1) is 18.7. The van der Waals surface area contributed by atoms with Gasteiger partial charge in [0.2, 0.25) is 0 Å². The highest BCUT2D eigenvalue weighted by atomic mass is 16.2. The van der Waals surface area contributed by atoms with Crippen molar-refractivity contribution in [1.82, 2.24) is 4.40 Å². The van der Waals surface area contributed by atoms with Crippen molar-refractivity contribution < 1.29 is 9.59 Å². The van der Waals surface area contributed by atoms with Gasteiger partial charge in [0.05, 0.1) is 0 Å². The summed E-state index contributed by atoms with van der Waals surface area (Å²) < 4.78 is 1.78. The number of nitrogens with zero attached hydrogens (tertiary/aromatic N) is 1. The van der Waals surface area contributed by atoms with Crippen LogP contribution < -0.4 is 5.32 Å². The normalized spacial score (nSPS) is 10.9.